The molecule has 1 fully saturated rings. The summed E-state index contributed by atoms with van der Waals surface area (Å²) in [4.78, 5) is 28.1. The smallest absolute Gasteiger partial charge is 0.271 e. The van der Waals surface area contributed by atoms with Gasteiger partial charge >= 0.3 is 0 Å². The number of anilines is 3. The summed E-state index contributed by atoms with van der Waals surface area (Å²) < 4.78 is 7.31. The second-order valence-corrected chi connectivity index (χ2v) is 7.93. The molecule has 2 aromatic carbocycles. The van der Waals surface area contributed by atoms with Gasteiger partial charge in [-0.1, -0.05) is 12.1 Å². The first-order valence-electron chi connectivity index (χ1n) is 10.8. The number of fused-ring (bicyclic) bond motifs is 1. The molecular formula is C25H23N7O2. The third kappa shape index (κ3) is 3.91. The molecule has 3 heterocycles. The Labute approximate surface area is 196 Å². The van der Waals surface area contributed by atoms with E-state index in [1.54, 1.807) is 6.33 Å². The Morgan fingerprint density at radius 3 is 2.62 bits per heavy atom. The van der Waals surface area contributed by atoms with Gasteiger partial charge in [-0.25, -0.2) is 15.0 Å². The molecule has 1 aliphatic heterocycles. The van der Waals surface area contributed by atoms with Crippen LogP contribution in [0.25, 0.3) is 22.3 Å². The Hall–Kier alpha value is -4.42. The van der Waals surface area contributed by atoms with E-state index in [4.69, 9.17) is 16.9 Å². The number of aryl methyl sites for hydroxylation is 1. The van der Waals surface area contributed by atoms with Gasteiger partial charge in [-0.05, 0) is 36.3 Å². The molecule has 0 saturated carbocycles. The first-order chi connectivity index (χ1) is 16.5. The maximum atomic E-state index is 12.3. The molecule has 4 aromatic rings. The summed E-state index contributed by atoms with van der Waals surface area (Å²) in [6.07, 6.45) is 7.50. The molecule has 0 unspecified atom stereocenters. The van der Waals surface area contributed by atoms with Crippen molar-refractivity contribution in [3.63, 3.8) is 0 Å². The Balaban J connectivity index is 1.52. The van der Waals surface area contributed by atoms with Crippen LogP contribution in [-0.2, 0) is 11.8 Å². The molecule has 1 saturated heterocycles. The number of carbonyl (C=O) groups excluding carboxylic acids is 1. The lowest BCUT2D eigenvalue weighted by molar-refractivity contribution is 0.0996. The maximum Gasteiger partial charge on any atom is 0.271 e. The van der Waals surface area contributed by atoms with Gasteiger partial charge in [0, 0.05) is 37.1 Å². The number of imidazole rings is 1. The number of hydrogen-bond donors (Lipinski definition) is 2. The predicted molar refractivity (Wildman–Crippen MR) is 131 cm³/mol. The fourth-order valence-corrected chi connectivity index (χ4v) is 4.05. The first-order valence-corrected chi connectivity index (χ1v) is 10.8. The van der Waals surface area contributed by atoms with Crippen molar-refractivity contribution in [3.8, 4) is 23.6 Å². The van der Waals surface area contributed by atoms with Crippen LogP contribution in [0.2, 0.25) is 0 Å². The highest BCUT2D eigenvalue weighted by molar-refractivity contribution is 5.98. The standard InChI is InChI=1S/C25H23N7O2/c1-3-19-21(18-5-4-6-20-22(18)27-15-31(20)2)30-23(24(26)33)25(29-19)28-16-7-9-17(10-8-16)32-11-13-34-14-12-32/h1,4-10,15H,11-14H2,2H3,(H2,26,33)(H,28,29). The maximum absolute atomic E-state index is 12.3. The highest BCUT2D eigenvalue weighted by Crippen LogP contribution is 2.30. The summed E-state index contributed by atoms with van der Waals surface area (Å²) in [7, 11) is 1.90. The minimum atomic E-state index is -0.710. The summed E-state index contributed by atoms with van der Waals surface area (Å²) >= 11 is 0. The number of primary amides is 1. The van der Waals surface area contributed by atoms with E-state index >= 15 is 0 Å². The van der Waals surface area contributed by atoms with Crippen LogP contribution in [0.15, 0.2) is 48.8 Å². The van der Waals surface area contributed by atoms with Crippen LogP contribution in [0.1, 0.15) is 16.2 Å². The number of nitrogens with zero attached hydrogens (tertiary/aromatic N) is 5. The molecule has 0 radical (unpaired) electrons. The topological polar surface area (TPSA) is 111 Å². The van der Waals surface area contributed by atoms with Crippen molar-refractivity contribution in [1.29, 1.82) is 0 Å². The second-order valence-electron chi connectivity index (χ2n) is 7.93. The number of carbonyl (C=O) groups is 1. The van der Waals surface area contributed by atoms with E-state index in [1.807, 2.05) is 54.1 Å². The minimum Gasteiger partial charge on any atom is -0.378 e. The molecule has 9 nitrogen and oxygen atoms in total. The number of nitrogens with two attached hydrogens (primary N) is 1. The third-order valence-electron chi connectivity index (χ3n) is 5.78. The number of aromatic nitrogens is 4. The van der Waals surface area contributed by atoms with Crippen LogP contribution in [-0.4, -0.2) is 51.7 Å². The van der Waals surface area contributed by atoms with Gasteiger partial charge in [0.1, 0.15) is 11.4 Å². The van der Waals surface area contributed by atoms with Crippen molar-refractivity contribution in [2.24, 2.45) is 12.8 Å². The minimum absolute atomic E-state index is 0.000750. The van der Waals surface area contributed by atoms with E-state index in [-0.39, 0.29) is 17.2 Å². The second kappa shape index (κ2) is 8.84. The van der Waals surface area contributed by atoms with Crippen LogP contribution >= 0.6 is 0 Å². The quantitative estimate of drug-likeness (QED) is 0.447. The van der Waals surface area contributed by atoms with E-state index in [1.165, 1.54) is 0 Å². The van der Waals surface area contributed by atoms with Gasteiger partial charge < -0.3 is 25.3 Å². The molecule has 0 aliphatic carbocycles. The van der Waals surface area contributed by atoms with E-state index in [0.717, 1.165) is 30.0 Å². The monoisotopic (exact) mass is 453 g/mol. The Morgan fingerprint density at radius 2 is 1.91 bits per heavy atom. The zero-order valence-electron chi connectivity index (χ0n) is 18.7. The number of amides is 1. The molecule has 170 valence electrons. The normalized spacial score (nSPS) is 13.6. The summed E-state index contributed by atoms with van der Waals surface area (Å²) in [6.45, 7) is 3.12. The van der Waals surface area contributed by atoms with Crippen LogP contribution in [0.3, 0.4) is 0 Å². The fourth-order valence-electron chi connectivity index (χ4n) is 4.05. The number of nitrogens with one attached hydrogen (secondary N) is 1. The van der Waals surface area contributed by atoms with Crippen molar-refractivity contribution in [3.05, 3.63) is 60.2 Å². The fraction of sp³-hybridized carbons (Fsp3) is 0.200. The molecule has 9 heteroatoms. The molecule has 0 atom stereocenters. The van der Waals surface area contributed by atoms with E-state index in [9.17, 15) is 4.79 Å². The van der Waals surface area contributed by atoms with Gasteiger partial charge in [0.05, 0.1) is 30.6 Å². The first kappa shape index (κ1) is 21.4. The van der Waals surface area contributed by atoms with Crippen LogP contribution in [0.4, 0.5) is 17.2 Å². The van der Waals surface area contributed by atoms with Crippen molar-refractivity contribution in [2.45, 2.75) is 0 Å². The number of para-hydroxylation sites is 1. The molecule has 3 N–H and O–H groups in total. The molecule has 0 spiro atoms. The van der Waals surface area contributed by atoms with E-state index < -0.39 is 5.91 Å². The highest BCUT2D eigenvalue weighted by Gasteiger charge is 2.20. The predicted octanol–water partition coefficient (Wildman–Crippen LogP) is 2.69. The average Bonchev–Trinajstić information content (AvgIpc) is 3.25. The molecule has 34 heavy (non-hydrogen) atoms. The zero-order valence-corrected chi connectivity index (χ0v) is 18.7. The molecule has 0 bridgehead atoms. The molecule has 5 rings (SSSR count). The number of rotatable bonds is 5. The SMILES string of the molecule is C#Cc1nc(Nc2ccc(N3CCOCC3)cc2)c(C(N)=O)nc1-c1cccc2c1ncn2C. The number of terminal acetylenes is 1. The van der Waals surface area contributed by atoms with Gasteiger partial charge in [0.15, 0.2) is 11.5 Å². The van der Waals surface area contributed by atoms with Crippen LogP contribution in [0.5, 0.6) is 0 Å². The van der Waals surface area contributed by atoms with E-state index in [2.05, 4.69) is 31.1 Å². The Kier molecular flexibility index (Phi) is 5.57. The molecule has 1 aliphatic rings. The Bertz CT molecular complexity index is 1410. The highest BCUT2D eigenvalue weighted by atomic mass is 16.5. The van der Waals surface area contributed by atoms with Crippen molar-refractivity contribution < 1.29 is 9.53 Å². The van der Waals surface area contributed by atoms with Crippen molar-refractivity contribution in [2.75, 3.05) is 36.5 Å². The van der Waals surface area contributed by atoms with Gasteiger partial charge in [0.2, 0.25) is 0 Å². The van der Waals surface area contributed by atoms with E-state index in [0.29, 0.717) is 30.0 Å². The lowest BCUT2D eigenvalue weighted by Crippen LogP contribution is -2.36. The lowest BCUT2D eigenvalue weighted by Gasteiger charge is -2.28. The number of ether oxygens (including phenoxy) is 1. The summed E-state index contributed by atoms with van der Waals surface area (Å²) in [5, 5.41) is 3.15. The van der Waals surface area contributed by atoms with Gasteiger partial charge in [-0.3, -0.25) is 4.79 Å². The Morgan fingerprint density at radius 1 is 1.15 bits per heavy atom. The summed E-state index contributed by atoms with van der Waals surface area (Å²) in [5.41, 5.74) is 10.5. The summed E-state index contributed by atoms with van der Waals surface area (Å²) in [6, 6.07) is 13.5. The van der Waals surface area contributed by atoms with Gasteiger partial charge in [-0.15, -0.1) is 6.42 Å². The van der Waals surface area contributed by atoms with Crippen molar-refractivity contribution in [1.82, 2.24) is 19.5 Å². The molecule has 2 aromatic heterocycles. The van der Waals surface area contributed by atoms with Crippen LogP contribution < -0.4 is 16.0 Å². The summed E-state index contributed by atoms with van der Waals surface area (Å²) in [5.74, 6) is 2.09. The lowest BCUT2D eigenvalue weighted by atomic mass is 10.1. The zero-order chi connectivity index (χ0) is 23.7. The average molecular weight is 454 g/mol. The molecule has 1 amide bonds. The number of hydrogen-bond acceptors (Lipinski definition) is 7. The van der Waals surface area contributed by atoms with Crippen LogP contribution in [0, 0.1) is 12.3 Å². The van der Waals surface area contributed by atoms with Gasteiger partial charge in [0.25, 0.3) is 5.91 Å². The number of benzene rings is 2. The molecular weight excluding hydrogens is 430 g/mol. The number of morpholine rings is 1. The van der Waals surface area contributed by atoms with Crippen molar-refractivity contribution >= 4 is 34.1 Å². The van der Waals surface area contributed by atoms with Gasteiger partial charge in [-0.2, -0.15) is 0 Å². The third-order valence-corrected chi connectivity index (χ3v) is 5.78. The largest absolute Gasteiger partial charge is 0.378 e.